The van der Waals surface area contributed by atoms with Gasteiger partial charge in [-0.15, -0.1) is 0 Å². The maximum absolute atomic E-state index is 12.7. The van der Waals surface area contributed by atoms with Gasteiger partial charge in [-0.05, 0) is 36.5 Å². The van der Waals surface area contributed by atoms with Crippen molar-refractivity contribution in [2.24, 2.45) is 5.92 Å². The van der Waals surface area contributed by atoms with Crippen molar-refractivity contribution in [1.29, 1.82) is 0 Å². The second kappa shape index (κ2) is 6.71. The fourth-order valence-electron chi connectivity index (χ4n) is 3.45. The molecule has 1 saturated heterocycles. The van der Waals surface area contributed by atoms with Crippen LogP contribution in [-0.4, -0.2) is 49.6 Å². The standard InChI is InChI=1S/C18H26N4O2/c1-12(2)10-16-17(23)19-7-9-22(16)18(24)20-14-5-4-13-6-8-21(3)15(13)11-14/h4-5,11-12,16H,6-10H2,1-3H3,(H,19,23)(H,20,24)/t16-/m0/s1. The topological polar surface area (TPSA) is 64.7 Å². The molecule has 2 aliphatic heterocycles. The number of carbonyl (C=O) groups excluding carboxylic acids is 2. The van der Waals surface area contributed by atoms with Crippen LogP contribution in [0.5, 0.6) is 0 Å². The van der Waals surface area contributed by atoms with Crippen LogP contribution in [-0.2, 0) is 11.2 Å². The van der Waals surface area contributed by atoms with Crippen LogP contribution in [0.4, 0.5) is 16.2 Å². The quantitative estimate of drug-likeness (QED) is 0.891. The molecule has 0 unspecified atom stereocenters. The van der Waals surface area contributed by atoms with E-state index in [-0.39, 0.29) is 11.9 Å². The predicted octanol–water partition coefficient (Wildman–Crippen LogP) is 2.06. The molecule has 0 aromatic heterocycles. The Morgan fingerprint density at radius 3 is 2.92 bits per heavy atom. The monoisotopic (exact) mass is 330 g/mol. The first kappa shape index (κ1) is 16.6. The molecule has 0 aliphatic carbocycles. The van der Waals surface area contributed by atoms with E-state index in [4.69, 9.17) is 0 Å². The lowest BCUT2D eigenvalue weighted by Gasteiger charge is -2.35. The molecule has 1 aromatic carbocycles. The van der Waals surface area contributed by atoms with Crippen molar-refractivity contribution in [3.8, 4) is 0 Å². The second-order valence-corrected chi connectivity index (χ2v) is 7.07. The van der Waals surface area contributed by atoms with E-state index >= 15 is 0 Å². The molecule has 6 nitrogen and oxygen atoms in total. The van der Waals surface area contributed by atoms with Crippen LogP contribution in [0.3, 0.4) is 0 Å². The van der Waals surface area contributed by atoms with Gasteiger partial charge in [0.1, 0.15) is 6.04 Å². The fraction of sp³-hybridized carbons (Fsp3) is 0.556. The first-order valence-corrected chi connectivity index (χ1v) is 8.65. The number of fused-ring (bicyclic) bond motifs is 1. The number of anilines is 2. The van der Waals surface area contributed by atoms with Gasteiger partial charge < -0.3 is 20.4 Å². The van der Waals surface area contributed by atoms with E-state index < -0.39 is 6.04 Å². The summed E-state index contributed by atoms with van der Waals surface area (Å²) in [5.41, 5.74) is 3.26. The Labute approximate surface area is 143 Å². The number of benzene rings is 1. The maximum Gasteiger partial charge on any atom is 0.322 e. The highest BCUT2D eigenvalue weighted by Crippen LogP contribution is 2.29. The summed E-state index contributed by atoms with van der Waals surface area (Å²) < 4.78 is 0. The summed E-state index contributed by atoms with van der Waals surface area (Å²) in [4.78, 5) is 28.7. The lowest BCUT2D eigenvalue weighted by Crippen LogP contribution is -2.58. The molecule has 1 aromatic rings. The number of rotatable bonds is 3. The lowest BCUT2D eigenvalue weighted by molar-refractivity contribution is -0.128. The van der Waals surface area contributed by atoms with E-state index in [0.717, 1.165) is 18.7 Å². The summed E-state index contributed by atoms with van der Waals surface area (Å²) in [5, 5.41) is 5.82. The Bertz CT molecular complexity index is 644. The molecule has 130 valence electrons. The van der Waals surface area contributed by atoms with Gasteiger partial charge >= 0.3 is 6.03 Å². The highest BCUT2D eigenvalue weighted by atomic mass is 16.2. The first-order valence-electron chi connectivity index (χ1n) is 8.65. The number of hydrogen-bond acceptors (Lipinski definition) is 3. The maximum atomic E-state index is 12.7. The van der Waals surface area contributed by atoms with E-state index in [9.17, 15) is 9.59 Å². The molecular formula is C18H26N4O2. The van der Waals surface area contributed by atoms with Crippen molar-refractivity contribution in [3.63, 3.8) is 0 Å². The average molecular weight is 330 g/mol. The van der Waals surface area contributed by atoms with E-state index in [1.165, 1.54) is 11.3 Å². The fourth-order valence-corrected chi connectivity index (χ4v) is 3.45. The predicted molar refractivity (Wildman–Crippen MR) is 95.4 cm³/mol. The van der Waals surface area contributed by atoms with E-state index in [1.54, 1.807) is 4.90 Å². The summed E-state index contributed by atoms with van der Waals surface area (Å²) >= 11 is 0. The highest BCUT2D eigenvalue weighted by molar-refractivity contribution is 5.95. The van der Waals surface area contributed by atoms with Gasteiger partial charge in [-0.2, -0.15) is 0 Å². The molecule has 3 rings (SSSR count). The number of urea groups is 1. The van der Waals surface area contributed by atoms with E-state index in [1.807, 2.05) is 12.1 Å². The van der Waals surface area contributed by atoms with E-state index in [2.05, 4.69) is 42.5 Å². The van der Waals surface area contributed by atoms with Crippen molar-refractivity contribution < 1.29 is 9.59 Å². The number of hydrogen-bond donors (Lipinski definition) is 2. The summed E-state index contributed by atoms with van der Waals surface area (Å²) in [6.07, 6.45) is 1.72. The zero-order chi connectivity index (χ0) is 17.3. The summed E-state index contributed by atoms with van der Waals surface area (Å²) in [6, 6.07) is 5.44. The van der Waals surface area contributed by atoms with Crippen molar-refractivity contribution >= 4 is 23.3 Å². The minimum absolute atomic E-state index is 0.0567. The van der Waals surface area contributed by atoms with Crippen molar-refractivity contribution in [2.45, 2.75) is 32.7 Å². The Morgan fingerprint density at radius 2 is 2.17 bits per heavy atom. The molecule has 0 saturated carbocycles. The minimum atomic E-state index is -0.393. The summed E-state index contributed by atoms with van der Waals surface area (Å²) in [6.45, 7) is 6.19. The van der Waals surface area contributed by atoms with Crippen LogP contribution in [0.1, 0.15) is 25.8 Å². The molecule has 0 radical (unpaired) electrons. The van der Waals surface area contributed by atoms with Crippen LogP contribution in [0.15, 0.2) is 18.2 Å². The van der Waals surface area contributed by atoms with Gasteiger partial charge in [-0.25, -0.2) is 4.79 Å². The molecule has 0 spiro atoms. The van der Waals surface area contributed by atoms with Crippen molar-refractivity contribution in [2.75, 3.05) is 36.9 Å². The SMILES string of the molecule is CC(C)C[C@H]1C(=O)NCCN1C(=O)Nc1ccc2c(c1)N(C)CC2. The smallest absolute Gasteiger partial charge is 0.322 e. The molecule has 1 atom stereocenters. The average Bonchev–Trinajstić information content (AvgIpc) is 2.90. The molecule has 3 amide bonds. The zero-order valence-corrected chi connectivity index (χ0v) is 14.6. The molecule has 24 heavy (non-hydrogen) atoms. The van der Waals surface area contributed by atoms with Crippen LogP contribution < -0.4 is 15.5 Å². The molecule has 2 aliphatic rings. The molecule has 6 heteroatoms. The largest absolute Gasteiger partial charge is 0.374 e. The van der Waals surface area contributed by atoms with Gasteiger partial charge in [0.05, 0.1) is 0 Å². The Morgan fingerprint density at radius 1 is 1.38 bits per heavy atom. The van der Waals surface area contributed by atoms with Crippen LogP contribution in [0.25, 0.3) is 0 Å². The van der Waals surface area contributed by atoms with Gasteiger partial charge in [-0.1, -0.05) is 19.9 Å². The van der Waals surface area contributed by atoms with Gasteiger partial charge in [0, 0.05) is 38.1 Å². The van der Waals surface area contributed by atoms with E-state index in [0.29, 0.717) is 25.4 Å². The Kier molecular flexibility index (Phi) is 4.64. The summed E-state index contributed by atoms with van der Waals surface area (Å²) in [5.74, 6) is 0.293. The third-order valence-corrected chi connectivity index (χ3v) is 4.75. The second-order valence-electron chi connectivity index (χ2n) is 7.07. The zero-order valence-electron chi connectivity index (χ0n) is 14.6. The first-order chi connectivity index (χ1) is 11.5. The summed E-state index contributed by atoms with van der Waals surface area (Å²) in [7, 11) is 2.06. The highest BCUT2D eigenvalue weighted by Gasteiger charge is 2.33. The number of carbonyl (C=O) groups is 2. The van der Waals surface area contributed by atoms with Gasteiger partial charge in [0.2, 0.25) is 5.91 Å². The van der Waals surface area contributed by atoms with Crippen LogP contribution in [0.2, 0.25) is 0 Å². The third-order valence-electron chi connectivity index (χ3n) is 4.75. The molecule has 2 heterocycles. The van der Waals surface area contributed by atoms with Gasteiger partial charge in [-0.3, -0.25) is 4.79 Å². The normalized spacial score (nSPS) is 20.2. The van der Waals surface area contributed by atoms with Crippen molar-refractivity contribution in [1.82, 2.24) is 10.2 Å². The molecular weight excluding hydrogens is 304 g/mol. The number of nitrogens with zero attached hydrogens (tertiary/aromatic N) is 2. The molecule has 2 N–H and O–H groups in total. The number of piperazine rings is 1. The van der Waals surface area contributed by atoms with Crippen LogP contribution >= 0.6 is 0 Å². The lowest BCUT2D eigenvalue weighted by atomic mass is 10.0. The number of likely N-dealkylation sites (N-methyl/N-ethyl adjacent to an activating group) is 1. The minimum Gasteiger partial charge on any atom is -0.374 e. The van der Waals surface area contributed by atoms with Crippen LogP contribution in [0, 0.1) is 5.92 Å². The van der Waals surface area contributed by atoms with Gasteiger partial charge in [0.25, 0.3) is 0 Å². The molecule has 0 bridgehead atoms. The number of nitrogens with one attached hydrogen (secondary N) is 2. The Hall–Kier alpha value is -2.24. The third kappa shape index (κ3) is 3.32. The number of amides is 3. The van der Waals surface area contributed by atoms with Gasteiger partial charge in [0.15, 0.2) is 0 Å². The Balaban J connectivity index is 1.73. The van der Waals surface area contributed by atoms with Crippen molar-refractivity contribution in [3.05, 3.63) is 23.8 Å². The molecule has 1 fully saturated rings.